The van der Waals surface area contributed by atoms with Crippen molar-refractivity contribution < 1.29 is 14.3 Å². The summed E-state index contributed by atoms with van der Waals surface area (Å²) < 4.78 is 5.21. The number of amides is 1. The second kappa shape index (κ2) is 7.00. The second-order valence-electron chi connectivity index (χ2n) is 7.18. The van der Waals surface area contributed by atoms with Gasteiger partial charge in [-0.25, -0.2) is 4.79 Å². The first-order valence-electron chi connectivity index (χ1n) is 8.08. The molecule has 5 heteroatoms. The van der Waals surface area contributed by atoms with Gasteiger partial charge in [0.2, 0.25) is 0 Å². The number of hydrogen-bond acceptors (Lipinski definition) is 3. The zero-order chi connectivity index (χ0) is 17.1. The first kappa shape index (κ1) is 17.9. The summed E-state index contributed by atoms with van der Waals surface area (Å²) in [6.07, 6.45) is 10.2. The van der Waals surface area contributed by atoms with Crippen LogP contribution in [0.3, 0.4) is 0 Å². The van der Waals surface area contributed by atoms with E-state index in [2.05, 4.69) is 4.99 Å². The van der Waals surface area contributed by atoms with Crippen molar-refractivity contribution in [3.05, 3.63) is 23.3 Å². The number of ketones is 1. The molecule has 0 aromatic carbocycles. The van der Waals surface area contributed by atoms with E-state index in [0.29, 0.717) is 24.3 Å². The summed E-state index contributed by atoms with van der Waals surface area (Å²) in [6, 6.07) is 0. The lowest BCUT2D eigenvalue weighted by Crippen LogP contribution is -2.43. The van der Waals surface area contributed by atoms with Crippen LogP contribution in [0.25, 0.3) is 0 Å². The fourth-order valence-electron chi connectivity index (χ4n) is 3.19. The van der Waals surface area contributed by atoms with Crippen LogP contribution < -0.4 is 0 Å². The summed E-state index contributed by atoms with van der Waals surface area (Å²) in [4.78, 5) is 28.6. The number of ether oxygens (including phenoxy) is 1. The van der Waals surface area contributed by atoms with Crippen LogP contribution in [0.2, 0.25) is 0 Å². The molecule has 1 fully saturated rings. The average molecular weight is 338 g/mol. The van der Waals surface area contributed by atoms with E-state index in [-0.39, 0.29) is 11.7 Å². The van der Waals surface area contributed by atoms with Crippen molar-refractivity contribution in [2.75, 3.05) is 0 Å². The maximum atomic E-state index is 12.7. The van der Waals surface area contributed by atoms with Gasteiger partial charge in [-0.1, -0.05) is 30.2 Å². The van der Waals surface area contributed by atoms with Crippen LogP contribution >= 0.6 is 11.6 Å². The minimum absolute atomic E-state index is 0.114. The molecule has 0 spiro atoms. The third-order valence-electron chi connectivity index (χ3n) is 4.28. The van der Waals surface area contributed by atoms with E-state index in [1.54, 1.807) is 20.8 Å². The highest BCUT2D eigenvalue weighted by molar-refractivity contribution is 6.30. The second-order valence-corrected chi connectivity index (χ2v) is 7.61. The van der Waals surface area contributed by atoms with E-state index in [4.69, 9.17) is 16.3 Å². The van der Waals surface area contributed by atoms with E-state index < -0.39 is 17.1 Å². The van der Waals surface area contributed by atoms with E-state index in [0.717, 1.165) is 12.8 Å². The summed E-state index contributed by atoms with van der Waals surface area (Å²) in [6.45, 7) is 5.36. The fourth-order valence-corrected chi connectivity index (χ4v) is 3.54. The summed E-state index contributed by atoms with van der Waals surface area (Å²) in [5, 5.41) is 0.651. The highest BCUT2D eigenvalue weighted by Gasteiger charge is 2.46. The van der Waals surface area contributed by atoms with Gasteiger partial charge in [-0.05, 0) is 46.1 Å². The molecule has 0 bridgehead atoms. The van der Waals surface area contributed by atoms with E-state index >= 15 is 0 Å². The quantitative estimate of drug-likeness (QED) is 0.679. The Morgan fingerprint density at radius 2 is 2.17 bits per heavy atom. The van der Waals surface area contributed by atoms with Crippen molar-refractivity contribution in [1.29, 1.82) is 0 Å². The Labute approximate surface area is 142 Å². The minimum Gasteiger partial charge on any atom is -0.442 e. The molecule has 1 amide bonds. The third-order valence-corrected chi connectivity index (χ3v) is 4.66. The molecule has 1 saturated carbocycles. The van der Waals surface area contributed by atoms with Crippen molar-refractivity contribution in [3.63, 3.8) is 0 Å². The fraction of sp³-hybridized carbons (Fsp3) is 0.611. The summed E-state index contributed by atoms with van der Waals surface area (Å²) >= 11 is 6.37. The van der Waals surface area contributed by atoms with Gasteiger partial charge in [0.25, 0.3) is 0 Å². The molecule has 1 unspecified atom stereocenters. The van der Waals surface area contributed by atoms with Gasteiger partial charge in [-0.2, -0.15) is 4.99 Å². The topological polar surface area (TPSA) is 55.7 Å². The molecule has 4 nitrogen and oxygen atoms in total. The molecular weight excluding hydrogens is 314 g/mol. The molecular formula is C18H24ClNO3. The highest BCUT2D eigenvalue weighted by atomic mass is 35.5. The first-order chi connectivity index (χ1) is 10.7. The monoisotopic (exact) mass is 337 g/mol. The summed E-state index contributed by atoms with van der Waals surface area (Å²) in [5.41, 5.74) is -1.41. The molecule has 0 aromatic heterocycles. The maximum Gasteiger partial charge on any atom is 0.433 e. The number of allylic oxidation sites excluding steroid dienone is 4. The summed E-state index contributed by atoms with van der Waals surface area (Å²) in [5.74, 6) is -0.0314. The van der Waals surface area contributed by atoms with Crippen LogP contribution in [0.5, 0.6) is 0 Å². The normalized spacial score (nSPS) is 28.8. The number of rotatable bonds is 2. The number of hydrogen-bond donors (Lipinski definition) is 0. The van der Waals surface area contributed by atoms with Crippen LogP contribution in [-0.4, -0.2) is 23.7 Å². The molecule has 0 saturated heterocycles. The Hall–Kier alpha value is -1.42. The SMILES string of the molecule is CC(C)(C)OC(=O)N=C[C@@]1(C2CC=CC=C2Cl)CCCCC1=O. The zero-order valence-corrected chi connectivity index (χ0v) is 14.7. The summed E-state index contributed by atoms with van der Waals surface area (Å²) in [7, 11) is 0. The van der Waals surface area contributed by atoms with Gasteiger partial charge in [0.1, 0.15) is 11.4 Å². The van der Waals surface area contributed by atoms with E-state index in [1.807, 2.05) is 18.2 Å². The molecule has 23 heavy (non-hydrogen) atoms. The van der Waals surface area contributed by atoms with Gasteiger partial charge < -0.3 is 4.74 Å². The molecule has 0 aliphatic heterocycles. The molecule has 0 heterocycles. The average Bonchev–Trinajstić information content (AvgIpc) is 2.46. The van der Waals surface area contributed by atoms with Crippen LogP contribution in [0.4, 0.5) is 4.79 Å². The molecule has 2 atom stereocenters. The molecule has 0 aromatic rings. The standard InChI is InChI=1S/C18H24ClNO3/c1-17(2,3)23-16(22)20-12-18(11-7-6-10-15(18)21)13-8-4-5-9-14(13)19/h4-5,9,12-13H,6-8,10-11H2,1-3H3/t13?,18-/m1/s1. The van der Waals surface area contributed by atoms with Gasteiger partial charge in [0.15, 0.2) is 0 Å². The predicted molar refractivity (Wildman–Crippen MR) is 91.8 cm³/mol. The van der Waals surface area contributed by atoms with E-state index in [9.17, 15) is 9.59 Å². The van der Waals surface area contributed by atoms with Crippen LogP contribution in [-0.2, 0) is 9.53 Å². The number of aliphatic imine (C=N–C) groups is 1. The number of Topliss-reactive ketones (excluding diaryl/α,β-unsaturated/α-hetero) is 1. The molecule has 2 aliphatic rings. The van der Waals surface area contributed by atoms with Crippen molar-refractivity contribution in [3.8, 4) is 0 Å². The Balaban J connectivity index is 2.28. The zero-order valence-electron chi connectivity index (χ0n) is 14.0. The maximum absolute atomic E-state index is 12.7. The number of carbonyl (C=O) groups excluding carboxylic acids is 2. The first-order valence-corrected chi connectivity index (χ1v) is 8.46. The predicted octanol–water partition coefficient (Wildman–Crippen LogP) is 4.82. The number of nitrogens with zero attached hydrogens (tertiary/aromatic N) is 1. The molecule has 2 rings (SSSR count). The van der Waals surface area contributed by atoms with Crippen LogP contribution in [0, 0.1) is 11.3 Å². The Kier molecular flexibility index (Phi) is 5.45. The minimum atomic E-state index is -0.798. The highest BCUT2D eigenvalue weighted by Crippen LogP contribution is 2.46. The van der Waals surface area contributed by atoms with Crippen LogP contribution in [0.1, 0.15) is 52.9 Å². The Bertz CT molecular complexity index is 571. The third kappa shape index (κ3) is 4.31. The van der Waals surface area contributed by atoms with Crippen molar-refractivity contribution in [2.45, 2.75) is 58.5 Å². The van der Waals surface area contributed by atoms with Gasteiger partial charge in [0, 0.05) is 23.6 Å². The lowest BCUT2D eigenvalue weighted by Gasteiger charge is -2.39. The largest absolute Gasteiger partial charge is 0.442 e. The molecule has 126 valence electrons. The van der Waals surface area contributed by atoms with Gasteiger partial charge >= 0.3 is 6.09 Å². The Morgan fingerprint density at radius 3 is 2.78 bits per heavy atom. The van der Waals surface area contributed by atoms with Gasteiger partial charge in [-0.3, -0.25) is 4.79 Å². The van der Waals surface area contributed by atoms with E-state index in [1.165, 1.54) is 6.21 Å². The van der Waals surface area contributed by atoms with Crippen molar-refractivity contribution in [2.24, 2.45) is 16.3 Å². The van der Waals surface area contributed by atoms with Crippen molar-refractivity contribution in [1.82, 2.24) is 0 Å². The smallest absolute Gasteiger partial charge is 0.433 e. The molecule has 2 aliphatic carbocycles. The van der Waals surface area contributed by atoms with Crippen molar-refractivity contribution >= 4 is 29.7 Å². The van der Waals surface area contributed by atoms with Gasteiger partial charge in [-0.15, -0.1) is 0 Å². The lowest BCUT2D eigenvalue weighted by molar-refractivity contribution is -0.128. The van der Waals surface area contributed by atoms with Crippen LogP contribution in [0.15, 0.2) is 28.3 Å². The number of halogens is 1. The molecule has 0 N–H and O–H groups in total. The molecule has 0 radical (unpaired) electrons. The number of carbonyl (C=O) groups is 2. The van der Waals surface area contributed by atoms with Gasteiger partial charge in [0.05, 0.1) is 5.41 Å². The Morgan fingerprint density at radius 1 is 1.43 bits per heavy atom. The lowest BCUT2D eigenvalue weighted by atomic mass is 9.64.